The summed E-state index contributed by atoms with van der Waals surface area (Å²) in [5, 5.41) is 2.90. The molecule has 0 bridgehead atoms. The van der Waals surface area contributed by atoms with Gasteiger partial charge in [0.25, 0.3) is 0 Å². The Hall–Kier alpha value is -1.42. The molecule has 1 aromatic heterocycles. The maximum atomic E-state index is 11.8. The van der Waals surface area contributed by atoms with Gasteiger partial charge in [-0.05, 0) is 30.5 Å². The first-order chi connectivity index (χ1) is 8.18. The molecule has 0 spiro atoms. The molecule has 4 heteroatoms. The van der Waals surface area contributed by atoms with Crippen LogP contribution in [-0.4, -0.2) is 16.4 Å². The summed E-state index contributed by atoms with van der Waals surface area (Å²) in [7, 11) is 0. The fraction of sp³-hybridized carbons (Fsp3) is 0.538. The number of pyridine rings is 1. The van der Waals surface area contributed by atoms with Crippen LogP contribution in [-0.2, 0) is 11.3 Å². The van der Waals surface area contributed by atoms with Crippen molar-refractivity contribution in [3.05, 3.63) is 30.1 Å². The maximum absolute atomic E-state index is 11.8. The third-order valence-corrected chi connectivity index (χ3v) is 3.35. The Morgan fingerprint density at radius 2 is 2.00 bits per heavy atom. The average molecular weight is 233 g/mol. The van der Waals surface area contributed by atoms with Crippen LogP contribution in [0, 0.1) is 0 Å². The molecule has 3 N–H and O–H groups in total. The van der Waals surface area contributed by atoms with E-state index in [4.69, 9.17) is 5.73 Å². The van der Waals surface area contributed by atoms with Crippen LogP contribution < -0.4 is 11.1 Å². The Morgan fingerprint density at radius 1 is 1.35 bits per heavy atom. The number of carbonyl (C=O) groups is 1. The van der Waals surface area contributed by atoms with Gasteiger partial charge in [0.15, 0.2) is 0 Å². The molecule has 4 nitrogen and oxygen atoms in total. The zero-order valence-corrected chi connectivity index (χ0v) is 9.98. The minimum atomic E-state index is -0.262. The van der Waals surface area contributed by atoms with E-state index in [-0.39, 0.29) is 11.4 Å². The third kappa shape index (κ3) is 3.53. The number of amides is 1. The molecule has 0 atom stereocenters. The predicted molar refractivity (Wildman–Crippen MR) is 66.1 cm³/mol. The second kappa shape index (κ2) is 5.27. The highest BCUT2D eigenvalue weighted by Crippen LogP contribution is 2.29. The maximum Gasteiger partial charge on any atom is 0.222 e. The summed E-state index contributed by atoms with van der Waals surface area (Å²) in [6.45, 7) is 0.553. The Balaban J connectivity index is 1.78. The van der Waals surface area contributed by atoms with E-state index < -0.39 is 0 Å². The molecule has 2 rings (SSSR count). The van der Waals surface area contributed by atoms with Crippen LogP contribution >= 0.6 is 0 Å². The number of aromatic nitrogens is 1. The molecule has 1 heterocycles. The summed E-state index contributed by atoms with van der Waals surface area (Å²) < 4.78 is 0. The highest BCUT2D eigenvalue weighted by atomic mass is 16.1. The molecule has 92 valence electrons. The van der Waals surface area contributed by atoms with Gasteiger partial charge in [0.05, 0.1) is 0 Å². The number of nitrogens with zero attached hydrogens (tertiary/aromatic N) is 1. The van der Waals surface area contributed by atoms with Crippen molar-refractivity contribution in [3.63, 3.8) is 0 Å². The van der Waals surface area contributed by atoms with Crippen molar-refractivity contribution in [1.29, 1.82) is 0 Å². The van der Waals surface area contributed by atoms with E-state index in [0.717, 1.165) is 31.2 Å². The molecule has 17 heavy (non-hydrogen) atoms. The van der Waals surface area contributed by atoms with Crippen molar-refractivity contribution in [1.82, 2.24) is 10.3 Å². The highest BCUT2D eigenvalue weighted by molar-refractivity contribution is 5.77. The zero-order chi connectivity index (χ0) is 12.1. The highest BCUT2D eigenvalue weighted by Gasteiger charge is 2.31. The van der Waals surface area contributed by atoms with Crippen molar-refractivity contribution in [3.8, 4) is 0 Å². The lowest BCUT2D eigenvalue weighted by Gasteiger charge is -2.22. The first-order valence-corrected chi connectivity index (χ1v) is 6.12. The van der Waals surface area contributed by atoms with Crippen molar-refractivity contribution in [2.75, 3.05) is 0 Å². The number of hydrogen-bond donors (Lipinski definition) is 2. The second-order valence-corrected chi connectivity index (χ2v) is 4.88. The number of nitrogens with two attached hydrogens (primary N) is 1. The van der Waals surface area contributed by atoms with E-state index in [2.05, 4.69) is 10.3 Å². The van der Waals surface area contributed by atoms with E-state index in [9.17, 15) is 4.79 Å². The van der Waals surface area contributed by atoms with Crippen molar-refractivity contribution in [2.24, 2.45) is 5.73 Å². The molecule has 0 saturated heterocycles. The van der Waals surface area contributed by atoms with Gasteiger partial charge in [-0.2, -0.15) is 0 Å². The minimum absolute atomic E-state index is 0.0474. The molecule has 1 saturated carbocycles. The van der Waals surface area contributed by atoms with Gasteiger partial charge in [-0.15, -0.1) is 0 Å². The topological polar surface area (TPSA) is 68.0 Å². The lowest BCUT2D eigenvalue weighted by Crippen LogP contribution is -2.41. The molecular formula is C13H19N3O. The summed E-state index contributed by atoms with van der Waals surface area (Å²) in [6.07, 6.45) is 8.12. The van der Waals surface area contributed by atoms with Gasteiger partial charge in [-0.25, -0.2) is 0 Å². The minimum Gasteiger partial charge on any atom is -0.352 e. The smallest absolute Gasteiger partial charge is 0.222 e. The first kappa shape index (κ1) is 12.0. The molecule has 1 aromatic rings. The standard InChI is InChI=1S/C13H19N3O/c14-13(5-1-2-6-13)9-12(17)16-10-11-3-7-15-8-4-11/h3-4,7-8H,1-2,5-6,9-10,14H2,(H,16,17). The fourth-order valence-electron chi connectivity index (χ4n) is 2.34. The molecular weight excluding hydrogens is 214 g/mol. The fourth-order valence-corrected chi connectivity index (χ4v) is 2.34. The van der Waals surface area contributed by atoms with Gasteiger partial charge in [-0.1, -0.05) is 12.8 Å². The van der Waals surface area contributed by atoms with Gasteiger partial charge in [0.2, 0.25) is 5.91 Å². The van der Waals surface area contributed by atoms with E-state index in [1.807, 2.05) is 12.1 Å². The molecule has 0 aromatic carbocycles. The van der Waals surface area contributed by atoms with Gasteiger partial charge in [0.1, 0.15) is 0 Å². The van der Waals surface area contributed by atoms with Crippen LogP contribution in [0.4, 0.5) is 0 Å². The van der Waals surface area contributed by atoms with E-state index >= 15 is 0 Å². The SMILES string of the molecule is NC1(CC(=O)NCc2ccncc2)CCCC1. The number of nitrogens with one attached hydrogen (secondary N) is 1. The third-order valence-electron chi connectivity index (χ3n) is 3.35. The van der Waals surface area contributed by atoms with Crippen molar-refractivity contribution in [2.45, 2.75) is 44.2 Å². The van der Waals surface area contributed by atoms with Crippen LogP contribution in [0.15, 0.2) is 24.5 Å². The quantitative estimate of drug-likeness (QED) is 0.825. The summed E-state index contributed by atoms with van der Waals surface area (Å²) in [5.41, 5.74) is 6.96. The number of rotatable bonds is 4. The zero-order valence-electron chi connectivity index (χ0n) is 9.98. The number of hydrogen-bond acceptors (Lipinski definition) is 3. The molecule has 1 amide bonds. The summed E-state index contributed by atoms with van der Waals surface area (Å²) >= 11 is 0. The molecule has 1 fully saturated rings. The summed E-state index contributed by atoms with van der Waals surface area (Å²) in [6, 6.07) is 3.79. The molecule has 1 aliphatic carbocycles. The van der Waals surface area contributed by atoms with E-state index in [0.29, 0.717) is 13.0 Å². The van der Waals surface area contributed by atoms with Crippen molar-refractivity contribution < 1.29 is 4.79 Å². The molecule has 0 radical (unpaired) electrons. The van der Waals surface area contributed by atoms with Gasteiger partial charge >= 0.3 is 0 Å². The van der Waals surface area contributed by atoms with Crippen LogP contribution in [0.1, 0.15) is 37.7 Å². The predicted octanol–water partition coefficient (Wildman–Crippen LogP) is 1.36. The molecule has 0 aliphatic heterocycles. The number of carbonyl (C=O) groups excluding carboxylic acids is 1. The Labute approximate surface area is 102 Å². The Morgan fingerprint density at radius 3 is 2.65 bits per heavy atom. The Kier molecular flexibility index (Phi) is 3.74. The van der Waals surface area contributed by atoms with Crippen molar-refractivity contribution >= 4 is 5.91 Å². The van der Waals surface area contributed by atoms with Crippen LogP contribution in [0.3, 0.4) is 0 Å². The van der Waals surface area contributed by atoms with E-state index in [1.54, 1.807) is 12.4 Å². The van der Waals surface area contributed by atoms with Crippen LogP contribution in [0.5, 0.6) is 0 Å². The van der Waals surface area contributed by atoms with Crippen LogP contribution in [0.2, 0.25) is 0 Å². The second-order valence-electron chi connectivity index (χ2n) is 4.88. The van der Waals surface area contributed by atoms with Gasteiger partial charge < -0.3 is 11.1 Å². The summed E-state index contributed by atoms with van der Waals surface area (Å²) in [4.78, 5) is 15.7. The monoisotopic (exact) mass is 233 g/mol. The molecule has 0 unspecified atom stereocenters. The van der Waals surface area contributed by atoms with Gasteiger partial charge in [-0.3, -0.25) is 9.78 Å². The lowest BCUT2D eigenvalue weighted by atomic mass is 9.94. The Bertz CT molecular complexity index is 372. The van der Waals surface area contributed by atoms with Crippen LogP contribution in [0.25, 0.3) is 0 Å². The lowest BCUT2D eigenvalue weighted by molar-refractivity contribution is -0.122. The largest absolute Gasteiger partial charge is 0.352 e. The average Bonchev–Trinajstić information content (AvgIpc) is 2.74. The summed E-state index contributed by atoms with van der Waals surface area (Å²) in [5.74, 6) is 0.0474. The van der Waals surface area contributed by atoms with Gasteiger partial charge in [0, 0.05) is 30.9 Å². The van der Waals surface area contributed by atoms with E-state index in [1.165, 1.54) is 0 Å². The normalized spacial score (nSPS) is 17.9. The first-order valence-electron chi connectivity index (χ1n) is 6.12. The molecule has 1 aliphatic rings.